The van der Waals surface area contributed by atoms with Gasteiger partial charge in [-0.05, 0) is 36.0 Å². The third-order valence-corrected chi connectivity index (χ3v) is 3.35. The first-order valence-corrected chi connectivity index (χ1v) is 6.24. The largest absolute Gasteiger partial charge is 0.370 e. The Balaban J connectivity index is 2.38. The molecule has 1 aliphatic carbocycles. The fourth-order valence-corrected chi connectivity index (χ4v) is 2.24. The minimum Gasteiger partial charge on any atom is -0.370 e. The summed E-state index contributed by atoms with van der Waals surface area (Å²) in [5.41, 5.74) is 12.2. The first-order valence-electron chi connectivity index (χ1n) is 5.86. The molecule has 4 N–H and O–H groups in total. The van der Waals surface area contributed by atoms with Gasteiger partial charge in [0.25, 0.3) is 5.91 Å². The molecule has 1 saturated carbocycles. The Kier molecular flexibility index (Phi) is 3.72. The van der Waals surface area contributed by atoms with Gasteiger partial charge >= 0.3 is 0 Å². The highest BCUT2D eigenvalue weighted by molar-refractivity contribution is 6.31. The molecule has 5 nitrogen and oxygen atoms in total. The molecule has 6 heteroatoms. The zero-order chi connectivity index (χ0) is 14.0. The summed E-state index contributed by atoms with van der Waals surface area (Å²) in [7, 11) is 0. The van der Waals surface area contributed by atoms with Crippen LogP contribution in [-0.4, -0.2) is 11.9 Å². The van der Waals surface area contributed by atoms with Crippen molar-refractivity contribution in [2.24, 2.45) is 16.5 Å². The van der Waals surface area contributed by atoms with Crippen LogP contribution in [-0.2, 0) is 11.2 Å². The van der Waals surface area contributed by atoms with Gasteiger partial charge in [-0.1, -0.05) is 17.7 Å². The van der Waals surface area contributed by atoms with Gasteiger partial charge in [-0.15, -0.1) is 0 Å². The zero-order valence-corrected chi connectivity index (χ0v) is 10.9. The molecule has 1 aliphatic rings. The summed E-state index contributed by atoms with van der Waals surface area (Å²) in [6.07, 6.45) is 2.06. The predicted octanol–water partition coefficient (Wildman–Crippen LogP) is 1.43. The molecule has 0 radical (unpaired) electrons. The lowest BCUT2D eigenvalue weighted by molar-refractivity contribution is -0.117. The van der Waals surface area contributed by atoms with Gasteiger partial charge < -0.3 is 11.5 Å². The molecular weight excluding hydrogens is 264 g/mol. The van der Waals surface area contributed by atoms with Gasteiger partial charge in [0.15, 0.2) is 5.96 Å². The second-order valence-electron chi connectivity index (χ2n) is 4.48. The van der Waals surface area contributed by atoms with Crippen molar-refractivity contribution in [2.75, 3.05) is 0 Å². The van der Waals surface area contributed by atoms with E-state index in [9.17, 15) is 10.1 Å². The van der Waals surface area contributed by atoms with Gasteiger partial charge in [-0.25, -0.2) is 0 Å². The summed E-state index contributed by atoms with van der Waals surface area (Å²) in [6, 6.07) is 5.71. The summed E-state index contributed by atoms with van der Waals surface area (Å²) in [5, 5.41) is 9.68. The molecule has 0 spiro atoms. The number of nitriles is 1. The lowest BCUT2D eigenvalue weighted by atomic mass is 9.96. The number of guanidine groups is 1. The van der Waals surface area contributed by atoms with Gasteiger partial charge in [-0.3, -0.25) is 4.79 Å². The van der Waals surface area contributed by atoms with Gasteiger partial charge in [-0.2, -0.15) is 10.3 Å². The average Bonchev–Trinajstić information content (AvgIpc) is 3.14. The molecule has 2 rings (SSSR count). The van der Waals surface area contributed by atoms with Crippen LogP contribution in [0.3, 0.4) is 0 Å². The van der Waals surface area contributed by atoms with E-state index in [1.54, 1.807) is 6.07 Å². The summed E-state index contributed by atoms with van der Waals surface area (Å²) in [4.78, 5) is 15.1. The fraction of sp³-hybridized carbons (Fsp3) is 0.308. The molecular formula is C13H13ClN4O. The van der Waals surface area contributed by atoms with Crippen molar-refractivity contribution in [1.29, 1.82) is 5.26 Å². The third-order valence-electron chi connectivity index (χ3n) is 3.00. The second kappa shape index (κ2) is 5.29. The Morgan fingerprint density at radius 3 is 2.68 bits per heavy atom. The first-order chi connectivity index (χ1) is 9.02. The molecule has 0 aromatic heterocycles. The van der Waals surface area contributed by atoms with E-state index in [1.165, 1.54) is 0 Å². The maximum absolute atomic E-state index is 11.6. The van der Waals surface area contributed by atoms with Crippen LogP contribution < -0.4 is 11.5 Å². The van der Waals surface area contributed by atoms with Crippen LogP contribution in [0.4, 0.5) is 0 Å². The van der Waals surface area contributed by atoms with Crippen molar-refractivity contribution in [1.82, 2.24) is 0 Å². The van der Waals surface area contributed by atoms with E-state index in [4.69, 9.17) is 23.1 Å². The molecule has 1 aromatic carbocycles. The number of halogens is 1. The van der Waals surface area contributed by atoms with Crippen molar-refractivity contribution < 1.29 is 4.79 Å². The van der Waals surface area contributed by atoms with Crippen LogP contribution in [0.1, 0.15) is 35.4 Å². The second-order valence-corrected chi connectivity index (χ2v) is 4.89. The number of amides is 1. The topological polar surface area (TPSA) is 105 Å². The molecule has 0 atom stereocenters. The summed E-state index contributed by atoms with van der Waals surface area (Å²) in [6.45, 7) is 0. The fourth-order valence-electron chi connectivity index (χ4n) is 2.01. The molecule has 1 amide bonds. The minimum atomic E-state index is -0.508. The van der Waals surface area contributed by atoms with Gasteiger partial charge in [0.2, 0.25) is 0 Å². The third kappa shape index (κ3) is 3.04. The molecule has 0 heterocycles. The average molecular weight is 277 g/mol. The molecule has 0 bridgehead atoms. The lowest BCUT2D eigenvalue weighted by Crippen LogP contribution is -2.24. The quantitative estimate of drug-likeness (QED) is 0.643. The maximum Gasteiger partial charge on any atom is 0.253 e. The van der Waals surface area contributed by atoms with E-state index in [0.29, 0.717) is 22.1 Å². The molecule has 19 heavy (non-hydrogen) atoms. The SMILES string of the molecule is N#Cc1c(C2CC2)ccc(Cl)c1CC(=O)N=C(N)N. The number of aliphatic imine (C=N–C) groups is 1. The standard InChI is InChI=1S/C13H13ClN4O/c14-11-4-3-8(7-1-2-7)10(6-15)9(11)5-12(19)18-13(16)17/h3-4,7H,1-2,5H2,(H4,16,17,18,19). The highest BCUT2D eigenvalue weighted by Crippen LogP contribution is 2.43. The molecule has 0 saturated heterocycles. The van der Waals surface area contributed by atoms with Crippen molar-refractivity contribution in [2.45, 2.75) is 25.2 Å². The van der Waals surface area contributed by atoms with Crippen molar-refractivity contribution >= 4 is 23.5 Å². The molecule has 1 aromatic rings. The van der Waals surface area contributed by atoms with Crippen molar-refractivity contribution in [3.05, 3.63) is 33.8 Å². The maximum atomic E-state index is 11.6. The van der Waals surface area contributed by atoms with E-state index in [-0.39, 0.29) is 12.4 Å². The number of rotatable bonds is 3. The van der Waals surface area contributed by atoms with Crippen LogP contribution in [0.25, 0.3) is 0 Å². The summed E-state index contributed by atoms with van der Waals surface area (Å²) >= 11 is 6.07. The Labute approximate surface area is 115 Å². The number of nitrogens with two attached hydrogens (primary N) is 2. The van der Waals surface area contributed by atoms with Crippen molar-refractivity contribution in [3.8, 4) is 6.07 Å². The van der Waals surface area contributed by atoms with Crippen LogP contribution in [0.2, 0.25) is 5.02 Å². The van der Waals surface area contributed by atoms with E-state index in [2.05, 4.69) is 11.1 Å². The number of carbonyl (C=O) groups excluding carboxylic acids is 1. The zero-order valence-electron chi connectivity index (χ0n) is 10.2. The van der Waals surface area contributed by atoms with E-state index in [1.807, 2.05) is 6.07 Å². The van der Waals surface area contributed by atoms with Crippen LogP contribution in [0.15, 0.2) is 17.1 Å². The lowest BCUT2D eigenvalue weighted by Gasteiger charge is -2.09. The smallest absolute Gasteiger partial charge is 0.253 e. The highest BCUT2D eigenvalue weighted by Gasteiger charge is 2.28. The Bertz CT molecular complexity index is 595. The summed E-state index contributed by atoms with van der Waals surface area (Å²) in [5.74, 6) is -0.395. The van der Waals surface area contributed by atoms with Gasteiger partial charge in [0.05, 0.1) is 18.1 Å². The van der Waals surface area contributed by atoms with E-state index in [0.717, 1.165) is 18.4 Å². The highest BCUT2D eigenvalue weighted by atomic mass is 35.5. The summed E-state index contributed by atoms with van der Waals surface area (Å²) < 4.78 is 0. The number of hydrogen-bond acceptors (Lipinski definition) is 2. The monoisotopic (exact) mass is 276 g/mol. The Hall–Kier alpha value is -2.06. The first kappa shape index (κ1) is 13.4. The predicted molar refractivity (Wildman–Crippen MR) is 72.7 cm³/mol. The van der Waals surface area contributed by atoms with Gasteiger partial charge in [0.1, 0.15) is 0 Å². The van der Waals surface area contributed by atoms with E-state index >= 15 is 0 Å². The number of benzene rings is 1. The Morgan fingerprint density at radius 1 is 1.47 bits per heavy atom. The number of nitrogens with zero attached hydrogens (tertiary/aromatic N) is 2. The van der Waals surface area contributed by atoms with Crippen molar-refractivity contribution in [3.63, 3.8) is 0 Å². The number of hydrogen-bond donors (Lipinski definition) is 2. The van der Waals surface area contributed by atoms with Gasteiger partial charge in [0, 0.05) is 5.02 Å². The normalized spacial score (nSPS) is 13.7. The molecule has 0 aliphatic heterocycles. The van der Waals surface area contributed by atoms with Crippen LogP contribution >= 0.6 is 11.6 Å². The number of carbonyl (C=O) groups is 1. The molecule has 1 fully saturated rings. The van der Waals surface area contributed by atoms with Crippen LogP contribution in [0, 0.1) is 11.3 Å². The molecule has 98 valence electrons. The minimum absolute atomic E-state index is 0.0693. The Morgan fingerprint density at radius 2 is 2.16 bits per heavy atom. The van der Waals surface area contributed by atoms with E-state index < -0.39 is 5.91 Å². The van der Waals surface area contributed by atoms with Crippen LogP contribution in [0.5, 0.6) is 0 Å². The molecule has 0 unspecified atom stereocenters.